The summed E-state index contributed by atoms with van der Waals surface area (Å²) in [4.78, 5) is 16.7. The van der Waals surface area contributed by atoms with Gasteiger partial charge in [0.1, 0.15) is 5.82 Å². The average molecular weight is 434 g/mol. The first-order valence-corrected chi connectivity index (χ1v) is 9.90. The monoisotopic (exact) mass is 433 g/mol. The number of thioether (sulfide) groups is 1. The van der Waals surface area contributed by atoms with E-state index in [2.05, 4.69) is 66.4 Å². The SMILES string of the molecule is CC(C)Cn1c(-c2ccc(Br)cc2)cnc1SCc1nc(N)nc(N)n1. The topological polar surface area (TPSA) is 109 Å². The van der Waals surface area contributed by atoms with E-state index in [1.807, 2.05) is 18.3 Å². The fraction of sp³-hybridized carbons (Fsp3) is 0.294. The van der Waals surface area contributed by atoms with Crippen LogP contribution in [-0.4, -0.2) is 24.5 Å². The van der Waals surface area contributed by atoms with Crippen molar-refractivity contribution in [2.24, 2.45) is 5.92 Å². The van der Waals surface area contributed by atoms with Crippen molar-refractivity contribution < 1.29 is 0 Å². The number of nitrogens with two attached hydrogens (primary N) is 2. The van der Waals surface area contributed by atoms with Crippen LogP contribution in [0.4, 0.5) is 11.9 Å². The Bertz CT molecular complexity index is 872. The molecule has 3 aromatic rings. The summed E-state index contributed by atoms with van der Waals surface area (Å²) >= 11 is 5.04. The summed E-state index contributed by atoms with van der Waals surface area (Å²) in [6, 6.07) is 8.23. The van der Waals surface area contributed by atoms with Crippen molar-refractivity contribution in [1.82, 2.24) is 24.5 Å². The van der Waals surface area contributed by atoms with Crippen LogP contribution in [0.15, 0.2) is 40.1 Å². The molecule has 2 heterocycles. The predicted molar refractivity (Wildman–Crippen MR) is 108 cm³/mol. The van der Waals surface area contributed by atoms with Gasteiger partial charge >= 0.3 is 0 Å². The minimum absolute atomic E-state index is 0.133. The van der Waals surface area contributed by atoms with Crippen LogP contribution in [-0.2, 0) is 12.3 Å². The van der Waals surface area contributed by atoms with Gasteiger partial charge in [-0.05, 0) is 23.6 Å². The van der Waals surface area contributed by atoms with Gasteiger partial charge in [0.15, 0.2) is 5.16 Å². The zero-order valence-corrected chi connectivity index (χ0v) is 17.0. The number of rotatable bonds is 6. The number of nitrogens with zero attached hydrogens (tertiary/aromatic N) is 5. The Morgan fingerprint density at radius 3 is 2.35 bits per heavy atom. The third-order valence-electron chi connectivity index (χ3n) is 3.55. The van der Waals surface area contributed by atoms with Gasteiger partial charge in [-0.2, -0.15) is 15.0 Å². The van der Waals surface area contributed by atoms with Crippen LogP contribution < -0.4 is 11.5 Å². The molecule has 4 N–H and O–H groups in total. The van der Waals surface area contributed by atoms with Crippen LogP contribution >= 0.6 is 27.7 Å². The number of nitrogen functional groups attached to an aromatic ring is 2. The second kappa shape index (κ2) is 8.05. The third kappa shape index (κ3) is 4.53. The minimum Gasteiger partial charge on any atom is -0.368 e. The lowest BCUT2D eigenvalue weighted by atomic mass is 10.1. The molecular formula is C17H20BrN7S. The van der Waals surface area contributed by atoms with E-state index in [1.165, 1.54) is 0 Å². The molecule has 26 heavy (non-hydrogen) atoms. The number of hydrogen-bond donors (Lipinski definition) is 2. The lowest BCUT2D eigenvalue weighted by Gasteiger charge is -2.14. The zero-order valence-electron chi connectivity index (χ0n) is 14.6. The number of aromatic nitrogens is 5. The minimum atomic E-state index is 0.133. The molecule has 2 aromatic heterocycles. The Balaban J connectivity index is 1.87. The van der Waals surface area contributed by atoms with Crippen molar-refractivity contribution >= 4 is 39.6 Å². The number of imidazole rings is 1. The highest BCUT2D eigenvalue weighted by Gasteiger charge is 2.14. The van der Waals surface area contributed by atoms with Gasteiger partial charge in [-0.15, -0.1) is 0 Å². The van der Waals surface area contributed by atoms with Gasteiger partial charge in [-0.1, -0.05) is 53.7 Å². The summed E-state index contributed by atoms with van der Waals surface area (Å²) in [7, 11) is 0. The van der Waals surface area contributed by atoms with E-state index < -0.39 is 0 Å². The first-order chi connectivity index (χ1) is 12.4. The Kier molecular flexibility index (Phi) is 5.77. The molecule has 0 spiro atoms. The standard InChI is InChI=1S/C17H20BrN7S/c1-10(2)8-25-13(11-3-5-12(18)6-4-11)7-21-17(25)26-9-14-22-15(19)24-16(20)23-14/h3-7,10H,8-9H2,1-2H3,(H4,19,20,22,23,24). The van der Waals surface area contributed by atoms with E-state index in [1.54, 1.807) is 11.8 Å². The highest BCUT2D eigenvalue weighted by molar-refractivity contribution is 9.10. The highest BCUT2D eigenvalue weighted by atomic mass is 79.9. The molecule has 0 radical (unpaired) electrons. The van der Waals surface area contributed by atoms with E-state index in [9.17, 15) is 0 Å². The largest absolute Gasteiger partial charge is 0.368 e. The van der Waals surface area contributed by atoms with Crippen molar-refractivity contribution in [3.63, 3.8) is 0 Å². The van der Waals surface area contributed by atoms with E-state index in [0.29, 0.717) is 17.5 Å². The summed E-state index contributed by atoms with van der Waals surface area (Å²) in [6.45, 7) is 5.25. The van der Waals surface area contributed by atoms with Crippen LogP contribution in [0, 0.1) is 5.92 Å². The van der Waals surface area contributed by atoms with Crippen molar-refractivity contribution in [1.29, 1.82) is 0 Å². The lowest BCUT2D eigenvalue weighted by molar-refractivity contribution is 0.498. The molecule has 0 aliphatic carbocycles. The van der Waals surface area contributed by atoms with Crippen LogP contribution in [0.5, 0.6) is 0 Å². The molecular weight excluding hydrogens is 414 g/mol. The molecule has 0 fully saturated rings. The first kappa shape index (κ1) is 18.7. The van der Waals surface area contributed by atoms with Crippen molar-refractivity contribution in [3.05, 3.63) is 40.8 Å². The molecule has 136 valence electrons. The van der Waals surface area contributed by atoms with Crippen LogP contribution in [0.2, 0.25) is 0 Å². The fourth-order valence-electron chi connectivity index (χ4n) is 2.52. The zero-order chi connectivity index (χ0) is 18.7. The van der Waals surface area contributed by atoms with Gasteiger partial charge in [-0.3, -0.25) is 0 Å². The average Bonchev–Trinajstić information content (AvgIpc) is 2.95. The summed E-state index contributed by atoms with van der Waals surface area (Å²) in [6.07, 6.45) is 1.91. The Morgan fingerprint density at radius 1 is 1.08 bits per heavy atom. The normalized spacial score (nSPS) is 11.2. The summed E-state index contributed by atoms with van der Waals surface area (Å²) in [5.74, 6) is 1.82. The highest BCUT2D eigenvalue weighted by Crippen LogP contribution is 2.29. The molecule has 3 rings (SSSR count). The van der Waals surface area contributed by atoms with Gasteiger partial charge in [0.05, 0.1) is 17.6 Å². The van der Waals surface area contributed by atoms with Gasteiger partial charge in [0, 0.05) is 11.0 Å². The maximum Gasteiger partial charge on any atom is 0.225 e. The Labute approximate surface area is 164 Å². The quantitative estimate of drug-likeness (QED) is 0.571. The van der Waals surface area contributed by atoms with Crippen LogP contribution in [0.3, 0.4) is 0 Å². The van der Waals surface area contributed by atoms with Gasteiger partial charge < -0.3 is 16.0 Å². The predicted octanol–water partition coefficient (Wildman–Crippen LogP) is 3.61. The van der Waals surface area contributed by atoms with Crippen LogP contribution in [0.1, 0.15) is 19.7 Å². The molecule has 7 nitrogen and oxygen atoms in total. The molecule has 0 amide bonds. The Hall–Kier alpha value is -2.13. The van der Waals surface area contributed by atoms with Gasteiger partial charge in [0.25, 0.3) is 0 Å². The molecule has 0 bridgehead atoms. The number of hydrogen-bond acceptors (Lipinski definition) is 7. The van der Waals surface area contributed by atoms with E-state index in [-0.39, 0.29) is 11.9 Å². The number of halogens is 1. The second-order valence-electron chi connectivity index (χ2n) is 6.19. The second-order valence-corrected chi connectivity index (χ2v) is 8.05. The third-order valence-corrected chi connectivity index (χ3v) is 5.07. The molecule has 0 aliphatic heterocycles. The lowest BCUT2D eigenvalue weighted by Crippen LogP contribution is -2.08. The summed E-state index contributed by atoms with van der Waals surface area (Å²) in [5.41, 5.74) is 13.5. The molecule has 0 saturated carbocycles. The number of anilines is 2. The molecule has 0 atom stereocenters. The summed E-state index contributed by atoms with van der Waals surface area (Å²) in [5, 5.41) is 0.911. The van der Waals surface area contributed by atoms with Crippen molar-refractivity contribution in [2.45, 2.75) is 31.3 Å². The van der Waals surface area contributed by atoms with E-state index in [4.69, 9.17) is 11.5 Å². The first-order valence-electron chi connectivity index (χ1n) is 8.12. The summed E-state index contributed by atoms with van der Waals surface area (Å²) < 4.78 is 3.28. The maximum atomic E-state index is 5.64. The molecule has 0 saturated heterocycles. The van der Waals surface area contributed by atoms with Gasteiger partial charge in [0.2, 0.25) is 11.9 Å². The van der Waals surface area contributed by atoms with Crippen LogP contribution in [0.25, 0.3) is 11.3 Å². The molecule has 0 unspecified atom stereocenters. The molecule has 9 heteroatoms. The van der Waals surface area contributed by atoms with E-state index >= 15 is 0 Å². The Morgan fingerprint density at radius 2 is 1.73 bits per heavy atom. The fourth-order valence-corrected chi connectivity index (χ4v) is 3.62. The smallest absolute Gasteiger partial charge is 0.225 e. The van der Waals surface area contributed by atoms with Gasteiger partial charge in [-0.25, -0.2) is 4.98 Å². The number of benzene rings is 1. The molecule has 0 aliphatic rings. The van der Waals surface area contributed by atoms with E-state index in [0.717, 1.165) is 27.4 Å². The molecule has 1 aromatic carbocycles. The van der Waals surface area contributed by atoms with Crippen molar-refractivity contribution in [3.8, 4) is 11.3 Å². The maximum absolute atomic E-state index is 5.64. The van der Waals surface area contributed by atoms with Crippen molar-refractivity contribution in [2.75, 3.05) is 11.5 Å².